The number of carbonyl (C=O) groups excluding carboxylic acids is 2. The van der Waals surface area contributed by atoms with Crippen molar-refractivity contribution in [3.8, 4) is 0 Å². The summed E-state index contributed by atoms with van der Waals surface area (Å²) in [5.74, 6) is -1.29. The zero-order chi connectivity index (χ0) is 23.7. The Balaban J connectivity index is 2.30. The Hall–Kier alpha value is -2.94. The molecule has 0 aliphatic rings. The Kier molecular flexibility index (Phi) is 9.19. The zero-order valence-electron chi connectivity index (χ0n) is 18.6. The van der Waals surface area contributed by atoms with E-state index in [1.807, 2.05) is 6.92 Å². The summed E-state index contributed by atoms with van der Waals surface area (Å²) in [5.41, 5.74) is 0.976. The van der Waals surface area contributed by atoms with E-state index in [-0.39, 0.29) is 12.5 Å². The lowest BCUT2D eigenvalue weighted by Crippen LogP contribution is -2.51. The highest BCUT2D eigenvalue weighted by atomic mass is 32.2. The van der Waals surface area contributed by atoms with Crippen LogP contribution in [0, 0.1) is 5.82 Å². The fraction of sp³-hybridized carbons (Fsp3) is 0.391. The first-order valence-electron chi connectivity index (χ1n) is 10.5. The molecule has 0 aliphatic carbocycles. The van der Waals surface area contributed by atoms with Crippen LogP contribution in [0.4, 0.5) is 10.1 Å². The number of anilines is 1. The van der Waals surface area contributed by atoms with E-state index in [0.29, 0.717) is 17.8 Å². The van der Waals surface area contributed by atoms with Gasteiger partial charge in [-0.15, -0.1) is 0 Å². The van der Waals surface area contributed by atoms with E-state index in [1.54, 1.807) is 37.3 Å². The van der Waals surface area contributed by atoms with Crippen molar-refractivity contribution in [2.75, 3.05) is 23.7 Å². The van der Waals surface area contributed by atoms with Gasteiger partial charge in [0.15, 0.2) is 0 Å². The van der Waals surface area contributed by atoms with Crippen LogP contribution < -0.4 is 9.62 Å². The van der Waals surface area contributed by atoms with Crippen molar-refractivity contribution in [2.24, 2.45) is 0 Å². The maximum atomic E-state index is 13.3. The molecule has 1 atom stereocenters. The highest BCUT2D eigenvalue weighted by molar-refractivity contribution is 7.92. The fourth-order valence-electron chi connectivity index (χ4n) is 3.11. The largest absolute Gasteiger partial charge is 0.354 e. The van der Waals surface area contributed by atoms with Gasteiger partial charge >= 0.3 is 0 Å². The van der Waals surface area contributed by atoms with Gasteiger partial charge in [-0.25, -0.2) is 12.8 Å². The first kappa shape index (κ1) is 25.3. The van der Waals surface area contributed by atoms with Crippen molar-refractivity contribution in [1.82, 2.24) is 10.2 Å². The second-order valence-corrected chi connectivity index (χ2v) is 9.48. The smallest absolute Gasteiger partial charge is 0.244 e. The van der Waals surface area contributed by atoms with Crippen LogP contribution >= 0.6 is 0 Å². The topological polar surface area (TPSA) is 86.8 Å². The second-order valence-electron chi connectivity index (χ2n) is 7.57. The number of para-hydroxylation sites is 1. The fourth-order valence-corrected chi connectivity index (χ4v) is 3.96. The van der Waals surface area contributed by atoms with Gasteiger partial charge in [-0.1, -0.05) is 43.7 Å². The monoisotopic (exact) mass is 463 g/mol. The summed E-state index contributed by atoms with van der Waals surface area (Å²) in [7, 11) is -3.75. The van der Waals surface area contributed by atoms with Crippen LogP contribution in [-0.2, 0) is 26.2 Å². The SMILES string of the molecule is CCCCNC(=O)[C@H](C)N(Cc1ccc(F)cc1)C(=O)CN(c1ccccc1)S(C)(=O)=O. The van der Waals surface area contributed by atoms with Crippen molar-refractivity contribution >= 4 is 27.5 Å². The molecular formula is C23H30FN3O4S. The van der Waals surface area contributed by atoms with E-state index in [0.717, 1.165) is 23.4 Å². The van der Waals surface area contributed by atoms with Crippen LogP contribution in [0.2, 0.25) is 0 Å². The van der Waals surface area contributed by atoms with Crippen molar-refractivity contribution in [2.45, 2.75) is 39.3 Å². The molecule has 0 unspecified atom stereocenters. The van der Waals surface area contributed by atoms with E-state index in [4.69, 9.17) is 0 Å². The first-order valence-corrected chi connectivity index (χ1v) is 12.3. The highest BCUT2D eigenvalue weighted by Gasteiger charge is 2.29. The van der Waals surface area contributed by atoms with Gasteiger partial charge in [0.25, 0.3) is 0 Å². The van der Waals surface area contributed by atoms with E-state index in [9.17, 15) is 22.4 Å². The number of carbonyl (C=O) groups is 2. The van der Waals surface area contributed by atoms with E-state index >= 15 is 0 Å². The molecule has 0 spiro atoms. The summed E-state index contributed by atoms with van der Waals surface area (Å²) < 4.78 is 39.1. The average Bonchev–Trinajstić information content (AvgIpc) is 2.76. The number of rotatable bonds is 11. The normalized spacial score (nSPS) is 12.1. The molecule has 0 saturated heterocycles. The maximum absolute atomic E-state index is 13.3. The predicted octanol–water partition coefficient (Wildman–Crippen LogP) is 2.93. The third-order valence-corrected chi connectivity index (χ3v) is 6.13. The molecule has 0 aromatic heterocycles. The number of unbranched alkanes of at least 4 members (excludes halogenated alkanes) is 1. The lowest BCUT2D eigenvalue weighted by atomic mass is 10.1. The molecule has 174 valence electrons. The van der Waals surface area contributed by atoms with Gasteiger partial charge in [0.05, 0.1) is 11.9 Å². The maximum Gasteiger partial charge on any atom is 0.244 e. The van der Waals surface area contributed by atoms with Gasteiger partial charge in [0.1, 0.15) is 18.4 Å². The molecule has 0 saturated carbocycles. The molecule has 7 nitrogen and oxygen atoms in total. The van der Waals surface area contributed by atoms with Crippen LogP contribution in [0.15, 0.2) is 54.6 Å². The van der Waals surface area contributed by atoms with Gasteiger partial charge in [0, 0.05) is 13.1 Å². The molecule has 2 rings (SSSR count). The van der Waals surface area contributed by atoms with Crippen molar-refractivity contribution in [1.29, 1.82) is 0 Å². The molecular weight excluding hydrogens is 433 g/mol. The second kappa shape index (κ2) is 11.6. The minimum Gasteiger partial charge on any atom is -0.354 e. The Bertz CT molecular complexity index is 998. The molecule has 2 aromatic carbocycles. The Labute approximate surface area is 189 Å². The lowest BCUT2D eigenvalue weighted by Gasteiger charge is -2.31. The van der Waals surface area contributed by atoms with Gasteiger partial charge in [-0.3, -0.25) is 13.9 Å². The summed E-state index contributed by atoms with van der Waals surface area (Å²) in [4.78, 5) is 27.3. The molecule has 0 heterocycles. The highest BCUT2D eigenvalue weighted by Crippen LogP contribution is 2.18. The Morgan fingerprint density at radius 1 is 1.06 bits per heavy atom. The summed E-state index contributed by atoms with van der Waals surface area (Å²) >= 11 is 0. The Morgan fingerprint density at radius 3 is 2.25 bits per heavy atom. The van der Waals surface area contributed by atoms with Gasteiger partial charge in [0.2, 0.25) is 21.8 Å². The molecule has 0 aliphatic heterocycles. The van der Waals surface area contributed by atoms with Crippen LogP contribution in [-0.4, -0.2) is 50.5 Å². The summed E-state index contributed by atoms with van der Waals surface area (Å²) in [6.45, 7) is 3.65. The van der Waals surface area contributed by atoms with Crippen molar-refractivity contribution in [3.63, 3.8) is 0 Å². The van der Waals surface area contributed by atoms with Crippen LogP contribution in [0.25, 0.3) is 0 Å². The lowest BCUT2D eigenvalue weighted by molar-refractivity contribution is -0.139. The molecule has 0 radical (unpaired) electrons. The zero-order valence-corrected chi connectivity index (χ0v) is 19.4. The minimum atomic E-state index is -3.75. The molecule has 2 aromatic rings. The molecule has 2 amide bonds. The summed E-state index contributed by atoms with van der Waals surface area (Å²) in [5, 5.41) is 2.80. The average molecular weight is 464 g/mol. The van der Waals surface area contributed by atoms with Gasteiger partial charge < -0.3 is 10.2 Å². The van der Waals surface area contributed by atoms with E-state index in [2.05, 4.69) is 5.32 Å². The van der Waals surface area contributed by atoms with Crippen molar-refractivity contribution < 1.29 is 22.4 Å². The Morgan fingerprint density at radius 2 is 1.69 bits per heavy atom. The standard InChI is InChI=1S/C23H30FN3O4S/c1-4-5-15-25-23(29)18(2)26(16-19-11-13-20(24)14-12-19)22(28)17-27(32(3,30)31)21-9-7-6-8-10-21/h6-14,18H,4-5,15-17H2,1-3H3,(H,25,29)/t18-/m0/s1. The number of nitrogens with one attached hydrogen (secondary N) is 1. The van der Waals surface area contributed by atoms with Gasteiger partial charge in [-0.2, -0.15) is 0 Å². The molecule has 0 fully saturated rings. The minimum absolute atomic E-state index is 0.0356. The van der Waals surface area contributed by atoms with Gasteiger partial charge in [-0.05, 0) is 43.2 Å². The molecule has 32 heavy (non-hydrogen) atoms. The third kappa shape index (κ3) is 7.33. The summed E-state index contributed by atoms with van der Waals surface area (Å²) in [6, 6.07) is 13.1. The van der Waals surface area contributed by atoms with Crippen LogP contribution in [0.5, 0.6) is 0 Å². The first-order chi connectivity index (χ1) is 15.1. The third-order valence-electron chi connectivity index (χ3n) is 4.99. The number of benzene rings is 2. The van der Waals surface area contributed by atoms with Crippen LogP contribution in [0.1, 0.15) is 32.3 Å². The van der Waals surface area contributed by atoms with Crippen LogP contribution in [0.3, 0.4) is 0 Å². The molecule has 9 heteroatoms. The number of hydrogen-bond donors (Lipinski definition) is 1. The van der Waals surface area contributed by atoms with E-state index in [1.165, 1.54) is 29.2 Å². The predicted molar refractivity (Wildman–Crippen MR) is 123 cm³/mol. The van der Waals surface area contributed by atoms with E-state index < -0.39 is 34.3 Å². The van der Waals surface area contributed by atoms with Crippen molar-refractivity contribution in [3.05, 3.63) is 66.0 Å². The molecule has 0 bridgehead atoms. The summed E-state index contributed by atoms with van der Waals surface area (Å²) in [6.07, 6.45) is 2.74. The number of hydrogen-bond acceptors (Lipinski definition) is 4. The quantitative estimate of drug-likeness (QED) is 0.519. The number of halogens is 1. The number of sulfonamides is 1. The molecule has 1 N–H and O–H groups in total. The number of nitrogens with zero attached hydrogens (tertiary/aromatic N) is 2. The number of amides is 2.